The highest BCUT2D eigenvalue weighted by Gasteiger charge is 2.20. The molecule has 0 radical (unpaired) electrons. The lowest BCUT2D eigenvalue weighted by molar-refractivity contribution is 0.391. The summed E-state index contributed by atoms with van der Waals surface area (Å²) in [6.45, 7) is 10.1. The first-order chi connectivity index (χ1) is 8.56. The Balaban J connectivity index is 2.86. The van der Waals surface area contributed by atoms with Crippen LogP contribution >= 0.6 is 15.9 Å². The molecule has 1 nitrogen and oxygen atoms in total. The van der Waals surface area contributed by atoms with E-state index in [1.54, 1.807) is 0 Å². The first kappa shape index (κ1) is 15.7. The fraction of sp³-hybridized carbons (Fsp3) is 0.625. The molecule has 0 bridgehead atoms. The molecule has 0 fully saturated rings. The van der Waals surface area contributed by atoms with Crippen LogP contribution in [0, 0.1) is 5.92 Å². The van der Waals surface area contributed by atoms with E-state index in [1.807, 2.05) is 0 Å². The van der Waals surface area contributed by atoms with Crippen molar-refractivity contribution in [3.63, 3.8) is 0 Å². The monoisotopic (exact) mass is 311 g/mol. The molecule has 2 atom stereocenters. The predicted octanol–water partition coefficient (Wildman–Crippen LogP) is 4.97. The molecular weight excluding hydrogens is 286 g/mol. The number of nitrogens with one attached hydrogen (secondary N) is 1. The van der Waals surface area contributed by atoms with Gasteiger partial charge >= 0.3 is 0 Å². The van der Waals surface area contributed by atoms with Gasteiger partial charge in [0.15, 0.2) is 0 Å². The Kier molecular flexibility index (Phi) is 6.95. The Bertz CT molecular complexity index is 349. The Labute approximate surface area is 120 Å². The van der Waals surface area contributed by atoms with Crippen LogP contribution in [-0.4, -0.2) is 12.6 Å². The zero-order chi connectivity index (χ0) is 13.5. The Morgan fingerprint density at radius 3 is 2.39 bits per heavy atom. The van der Waals surface area contributed by atoms with Crippen molar-refractivity contribution < 1.29 is 0 Å². The summed E-state index contributed by atoms with van der Waals surface area (Å²) in [7, 11) is 0. The molecule has 0 heterocycles. The maximum Gasteiger partial charge on any atom is 0.0210 e. The van der Waals surface area contributed by atoms with Crippen LogP contribution in [0.2, 0.25) is 0 Å². The molecule has 1 N–H and O–H groups in total. The van der Waals surface area contributed by atoms with Gasteiger partial charge < -0.3 is 5.32 Å². The second-order valence-corrected chi connectivity index (χ2v) is 6.31. The van der Waals surface area contributed by atoms with E-state index >= 15 is 0 Å². The van der Waals surface area contributed by atoms with Crippen molar-refractivity contribution in [2.45, 2.75) is 52.5 Å². The van der Waals surface area contributed by atoms with Gasteiger partial charge in [0.25, 0.3) is 0 Å². The lowest BCUT2D eigenvalue weighted by atomic mass is 9.84. The Hall–Kier alpha value is -0.340. The van der Waals surface area contributed by atoms with Gasteiger partial charge in [-0.2, -0.15) is 0 Å². The van der Waals surface area contributed by atoms with Crippen LogP contribution in [0.4, 0.5) is 0 Å². The van der Waals surface area contributed by atoms with E-state index in [-0.39, 0.29) is 0 Å². The molecule has 0 aliphatic rings. The van der Waals surface area contributed by atoms with Gasteiger partial charge in [0.1, 0.15) is 0 Å². The SMILES string of the molecule is CCCC(C)C(CNC(C)C)c1ccccc1Br. The zero-order valence-corrected chi connectivity index (χ0v) is 13.6. The summed E-state index contributed by atoms with van der Waals surface area (Å²) in [6.07, 6.45) is 2.54. The molecule has 0 spiro atoms. The summed E-state index contributed by atoms with van der Waals surface area (Å²) in [5.74, 6) is 1.29. The molecule has 1 rings (SSSR count). The molecule has 2 heteroatoms. The van der Waals surface area contributed by atoms with Crippen LogP contribution in [0.25, 0.3) is 0 Å². The third kappa shape index (κ3) is 4.74. The quantitative estimate of drug-likeness (QED) is 0.750. The van der Waals surface area contributed by atoms with E-state index in [1.165, 1.54) is 22.9 Å². The summed E-state index contributed by atoms with van der Waals surface area (Å²) in [5.41, 5.74) is 1.44. The van der Waals surface area contributed by atoms with E-state index in [4.69, 9.17) is 0 Å². The molecule has 0 aromatic heterocycles. The van der Waals surface area contributed by atoms with Gasteiger partial charge in [0.05, 0.1) is 0 Å². The molecule has 2 unspecified atom stereocenters. The minimum atomic E-state index is 0.545. The molecule has 0 aliphatic carbocycles. The lowest BCUT2D eigenvalue weighted by Gasteiger charge is -2.26. The molecule has 0 amide bonds. The topological polar surface area (TPSA) is 12.0 Å². The summed E-state index contributed by atoms with van der Waals surface area (Å²) < 4.78 is 1.24. The van der Waals surface area contributed by atoms with Crippen LogP contribution in [0.15, 0.2) is 28.7 Å². The average Bonchev–Trinajstić information content (AvgIpc) is 2.31. The molecule has 0 saturated heterocycles. The van der Waals surface area contributed by atoms with Gasteiger partial charge in [-0.15, -0.1) is 0 Å². The summed E-state index contributed by atoms with van der Waals surface area (Å²) >= 11 is 3.70. The zero-order valence-electron chi connectivity index (χ0n) is 12.0. The molecule has 102 valence electrons. The van der Waals surface area contributed by atoms with Gasteiger partial charge in [0, 0.05) is 23.0 Å². The number of hydrogen-bond donors (Lipinski definition) is 1. The molecule has 1 aromatic carbocycles. The summed E-state index contributed by atoms with van der Waals surface area (Å²) in [5, 5.41) is 3.59. The average molecular weight is 312 g/mol. The van der Waals surface area contributed by atoms with Gasteiger partial charge in [-0.25, -0.2) is 0 Å². The maximum absolute atomic E-state index is 3.70. The van der Waals surface area contributed by atoms with E-state index in [9.17, 15) is 0 Å². The van der Waals surface area contributed by atoms with Crippen LogP contribution in [-0.2, 0) is 0 Å². The van der Waals surface area contributed by atoms with Crippen LogP contribution in [0.1, 0.15) is 52.0 Å². The minimum Gasteiger partial charge on any atom is -0.314 e. The van der Waals surface area contributed by atoms with E-state index in [2.05, 4.69) is 73.2 Å². The summed E-state index contributed by atoms with van der Waals surface area (Å²) in [6, 6.07) is 9.18. The standard InChI is InChI=1S/C16H26BrN/c1-5-8-13(4)15(11-18-12(2)3)14-9-6-7-10-16(14)17/h6-7,9-10,12-13,15,18H,5,8,11H2,1-4H3. The Morgan fingerprint density at radius 1 is 1.17 bits per heavy atom. The smallest absolute Gasteiger partial charge is 0.0210 e. The van der Waals surface area contributed by atoms with Crippen molar-refractivity contribution in [3.05, 3.63) is 34.3 Å². The molecule has 0 aliphatic heterocycles. The van der Waals surface area contributed by atoms with Gasteiger partial charge in [0.2, 0.25) is 0 Å². The van der Waals surface area contributed by atoms with Crippen molar-refractivity contribution in [2.24, 2.45) is 5.92 Å². The van der Waals surface area contributed by atoms with Gasteiger partial charge in [-0.3, -0.25) is 0 Å². The van der Waals surface area contributed by atoms with Crippen LogP contribution < -0.4 is 5.32 Å². The fourth-order valence-electron chi connectivity index (χ4n) is 2.41. The number of halogens is 1. The van der Waals surface area contributed by atoms with Gasteiger partial charge in [-0.1, -0.05) is 74.7 Å². The first-order valence-corrected chi connectivity index (χ1v) is 7.83. The summed E-state index contributed by atoms with van der Waals surface area (Å²) in [4.78, 5) is 0. The number of benzene rings is 1. The van der Waals surface area contributed by atoms with Crippen molar-refractivity contribution in [3.8, 4) is 0 Å². The van der Waals surface area contributed by atoms with Gasteiger partial charge in [-0.05, 0) is 17.5 Å². The van der Waals surface area contributed by atoms with Crippen molar-refractivity contribution in [1.82, 2.24) is 5.32 Å². The maximum atomic E-state index is 3.70. The van der Waals surface area contributed by atoms with Crippen molar-refractivity contribution in [1.29, 1.82) is 0 Å². The lowest BCUT2D eigenvalue weighted by Crippen LogP contribution is -2.30. The molecule has 0 saturated carbocycles. The van der Waals surface area contributed by atoms with Crippen LogP contribution in [0.5, 0.6) is 0 Å². The third-order valence-electron chi connectivity index (χ3n) is 3.48. The number of rotatable bonds is 7. The molecule has 18 heavy (non-hydrogen) atoms. The predicted molar refractivity (Wildman–Crippen MR) is 84.1 cm³/mol. The third-order valence-corrected chi connectivity index (χ3v) is 4.20. The van der Waals surface area contributed by atoms with Crippen molar-refractivity contribution in [2.75, 3.05) is 6.54 Å². The number of hydrogen-bond acceptors (Lipinski definition) is 1. The highest BCUT2D eigenvalue weighted by molar-refractivity contribution is 9.10. The first-order valence-electron chi connectivity index (χ1n) is 7.04. The molecule has 1 aromatic rings. The van der Waals surface area contributed by atoms with E-state index in [0.29, 0.717) is 17.9 Å². The second kappa shape index (κ2) is 7.96. The highest BCUT2D eigenvalue weighted by Crippen LogP contribution is 2.32. The largest absolute Gasteiger partial charge is 0.314 e. The van der Waals surface area contributed by atoms with Crippen molar-refractivity contribution >= 4 is 15.9 Å². The van der Waals surface area contributed by atoms with Crippen LogP contribution in [0.3, 0.4) is 0 Å². The minimum absolute atomic E-state index is 0.545. The second-order valence-electron chi connectivity index (χ2n) is 5.46. The fourth-order valence-corrected chi connectivity index (χ4v) is 2.99. The van der Waals surface area contributed by atoms with E-state index in [0.717, 1.165) is 6.54 Å². The molecular formula is C16H26BrN. The highest BCUT2D eigenvalue weighted by atomic mass is 79.9. The van der Waals surface area contributed by atoms with E-state index < -0.39 is 0 Å². The Morgan fingerprint density at radius 2 is 1.83 bits per heavy atom. The normalized spacial score (nSPS) is 14.8.